The lowest BCUT2D eigenvalue weighted by Crippen LogP contribution is -2.36. The maximum absolute atomic E-state index is 11.2. The smallest absolute Gasteiger partial charge is 0.220 e. The molecule has 0 aromatic heterocycles. The van der Waals surface area contributed by atoms with E-state index in [9.17, 15) is 18.3 Å². The van der Waals surface area contributed by atoms with E-state index in [2.05, 4.69) is 5.32 Å². The third-order valence-corrected chi connectivity index (χ3v) is 3.79. The predicted octanol–water partition coefficient (Wildman–Crippen LogP) is -0.0557. The van der Waals surface area contributed by atoms with Gasteiger partial charge in [-0.15, -0.1) is 0 Å². The molecule has 1 unspecified atom stereocenters. The number of amides is 1. The first-order chi connectivity index (χ1) is 7.26. The molecule has 6 heteroatoms. The average Bonchev–Trinajstić information content (AvgIpc) is 2.13. The van der Waals surface area contributed by atoms with Crippen molar-refractivity contribution in [2.45, 2.75) is 33.3 Å². The molecule has 0 fully saturated rings. The van der Waals surface area contributed by atoms with Crippen molar-refractivity contribution < 1.29 is 18.3 Å². The molecule has 0 aromatic carbocycles. The molecule has 0 bridgehead atoms. The van der Waals surface area contributed by atoms with Crippen LogP contribution < -0.4 is 5.32 Å². The van der Waals surface area contributed by atoms with Crippen LogP contribution in [0.5, 0.6) is 0 Å². The second-order valence-corrected chi connectivity index (χ2v) is 6.65. The summed E-state index contributed by atoms with van der Waals surface area (Å²) in [5, 5.41) is 11.9. The molecular weight excluding hydrogens is 230 g/mol. The summed E-state index contributed by atoms with van der Waals surface area (Å²) >= 11 is 0. The molecule has 0 aliphatic heterocycles. The molecule has 0 saturated carbocycles. The van der Waals surface area contributed by atoms with Crippen molar-refractivity contribution in [2.75, 3.05) is 18.1 Å². The molecule has 16 heavy (non-hydrogen) atoms. The lowest BCUT2D eigenvalue weighted by molar-refractivity contribution is -0.122. The zero-order chi connectivity index (χ0) is 12.8. The van der Waals surface area contributed by atoms with Gasteiger partial charge in [0.05, 0.1) is 11.9 Å². The van der Waals surface area contributed by atoms with E-state index in [0.717, 1.165) is 0 Å². The normalized spacial score (nSPS) is 13.8. The number of hydrogen-bond donors (Lipinski definition) is 2. The summed E-state index contributed by atoms with van der Waals surface area (Å²) in [7, 11) is -3.19. The summed E-state index contributed by atoms with van der Waals surface area (Å²) in [6, 6.07) is 0. The van der Waals surface area contributed by atoms with Crippen molar-refractivity contribution >= 4 is 15.7 Å². The minimum Gasteiger partial charge on any atom is -0.390 e. The molecule has 0 aromatic rings. The van der Waals surface area contributed by atoms with Gasteiger partial charge in [-0.25, -0.2) is 8.42 Å². The maximum Gasteiger partial charge on any atom is 0.220 e. The molecule has 0 rings (SSSR count). The van der Waals surface area contributed by atoms with E-state index < -0.39 is 15.9 Å². The van der Waals surface area contributed by atoms with Gasteiger partial charge in [-0.1, -0.05) is 20.8 Å². The Labute approximate surface area is 97.2 Å². The van der Waals surface area contributed by atoms with Gasteiger partial charge >= 0.3 is 0 Å². The fourth-order valence-corrected chi connectivity index (χ4v) is 2.08. The number of aliphatic hydroxyl groups is 1. The van der Waals surface area contributed by atoms with Crippen LogP contribution in [-0.2, 0) is 14.6 Å². The Bertz CT molecular complexity index is 311. The van der Waals surface area contributed by atoms with Crippen LogP contribution in [0.15, 0.2) is 0 Å². The van der Waals surface area contributed by atoms with Gasteiger partial charge in [0.1, 0.15) is 0 Å². The number of carbonyl (C=O) groups excluding carboxylic acids is 1. The second kappa shape index (κ2) is 6.85. The Morgan fingerprint density at radius 1 is 1.38 bits per heavy atom. The van der Waals surface area contributed by atoms with Crippen LogP contribution in [0.3, 0.4) is 0 Å². The Kier molecular flexibility index (Phi) is 6.59. The number of sulfone groups is 1. The van der Waals surface area contributed by atoms with Crippen molar-refractivity contribution in [3.63, 3.8) is 0 Å². The molecule has 0 spiro atoms. The van der Waals surface area contributed by atoms with E-state index in [1.165, 1.54) is 6.92 Å². The molecule has 5 nitrogen and oxygen atoms in total. The van der Waals surface area contributed by atoms with Gasteiger partial charge in [-0.05, 0) is 5.92 Å². The van der Waals surface area contributed by atoms with Crippen molar-refractivity contribution in [2.24, 2.45) is 5.92 Å². The van der Waals surface area contributed by atoms with Crippen LogP contribution in [0.2, 0.25) is 0 Å². The van der Waals surface area contributed by atoms with Crippen molar-refractivity contribution in [1.29, 1.82) is 0 Å². The highest BCUT2D eigenvalue weighted by atomic mass is 32.2. The van der Waals surface area contributed by atoms with Crippen LogP contribution in [0.1, 0.15) is 27.2 Å². The molecular formula is C10H21NO4S. The molecule has 0 heterocycles. The lowest BCUT2D eigenvalue weighted by Gasteiger charge is -2.12. The van der Waals surface area contributed by atoms with Crippen molar-refractivity contribution in [3.05, 3.63) is 0 Å². The van der Waals surface area contributed by atoms with Crippen molar-refractivity contribution in [3.8, 4) is 0 Å². The lowest BCUT2D eigenvalue weighted by atomic mass is 10.1. The Hall–Kier alpha value is -0.620. The van der Waals surface area contributed by atoms with E-state index in [1.54, 1.807) is 0 Å². The van der Waals surface area contributed by atoms with Crippen LogP contribution in [0.4, 0.5) is 0 Å². The predicted molar refractivity (Wildman–Crippen MR) is 62.8 cm³/mol. The fourth-order valence-electron chi connectivity index (χ4n) is 1.14. The molecule has 1 atom stereocenters. The summed E-state index contributed by atoms with van der Waals surface area (Å²) in [6.07, 6.45) is -0.645. The maximum atomic E-state index is 11.2. The third-order valence-electron chi connectivity index (χ3n) is 2.01. The quantitative estimate of drug-likeness (QED) is 0.664. The second-order valence-electron chi connectivity index (χ2n) is 4.25. The molecule has 0 aliphatic rings. The Morgan fingerprint density at radius 2 is 1.94 bits per heavy atom. The molecule has 0 aliphatic carbocycles. The number of hydrogen-bond acceptors (Lipinski definition) is 4. The van der Waals surface area contributed by atoms with Crippen LogP contribution in [0, 0.1) is 5.92 Å². The number of nitrogens with one attached hydrogen (secondary N) is 1. The summed E-state index contributed by atoms with van der Waals surface area (Å²) in [5.41, 5.74) is 0. The molecule has 0 radical (unpaired) electrons. The van der Waals surface area contributed by atoms with Gasteiger partial charge in [0.2, 0.25) is 5.91 Å². The highest BCUT2D eigenvalue weighted by molar-refractivity contribution is 7.91. The number of carbonyl (C=O) groups is 1. The van der Waals surface area contributed by atoms with E-state index in [1.807, 2.05) is 13.8 Å². The summed E-state index contributed by atoms with van der Waals surface area (Å²) in [5.74, 6) is -0.213. The number of rotatable bonds is 7. The Morgan fingerprint density at radius 3 is 2.38 bits per heavy atom. The largest absolute Gasteiger partial charge is 0.390 e. The first-order valence-corrected chi connectivity index (χ1v) is 7.24. The molecule has 96 valence electrons. The van der Waals surface area contributed by atoms with E-state index in [0.29, 0.717) is 6.42 Å². The molecule has 2 N–H and O–H groups in total. The standard InChI is InChI=1S/C10H21NO4S/c1-4-16(14,15)7-9(12)6-11-10(13)5-8(2)3/h8-9,12H,4-7H2,1-3H3,(H,11,13). The van der Waals surface area contributed by atoms with Gasteiger partial charge in [-0.2, -0.15) is 0 Å². The third kappa shape index (κ3) is 7.64. The van der Waals surface area contributed by atoms with Gasteiger partial charge in [-0.3, -0.25) is 4.79 Å². The summed E-state index contributed by atoms with van der Waals surface area (Å²) in [4.78, 5) is 11.2. The first-order valence-electron chi connectivity index (χ1n) is 5.42. The zero-order valence-electron chi connectivity index (χ0n) is 10.1. The minimum atomic E-state index is -3.19. The number of aliphatic hydroxyl groups excluding tert-OH is 1. The van der Waals surface area contributed by atoms with Crippen molar-refractivity contribution in [1.82, 2.24) is 5.32 Å². The monoisotopic (exact) mass is 251 g/mol. The first kappa shape index (κ1) is 15.4. The van der Waals surface area contributed by atoms with Crippen LogP contribution >= 0.6 is 0 Å². The van der Waals surface area contributed by atoms with E-state index in [4.69, 9.17) is 0 Å². The molecule has 1 amide bonds. The highest BCUT2D eigenvalue weighted by Crippen LogP contribution is 1.99. The Balaban J connectivity index is 3.90. The fraction of sp³-hybridized carbons (Fsp3) is 0.900. The SMILES string of the molecule is CCS(=O)(=O)CC(O)CNC(=O)CC(C)C. The summed E-state index contributed by atoms with van der Waals surface area (Å²) < 4.78 is 22.3. The molecule has 0 saturated heterocycles. The zero-order valence-corrected chi connectivity index (χ0v) is 10.9. The van der Waals surface area contributed by atoms with Gasteiger partial charge < -0.3 is 10.4 Å². The van der Waals surface area contributed by atoms with Gasteiger partial charge in [0, 0.05) is 18.7 Å². The summed E-state index contributed by atoms with van der Waals surface area (Å²) in [6.45, 7) is 5.35. The van der Waals surface area contributed by atoms with Crippen LogP contribution in [-0.4, -0.2) is 43.6 Å². The van der Waals surface area contributed by atoms with Gasteiger partial charge in [0.15, 0.2) is 9.84 Å². The van der Waals surface area contributed by atoms with E-state index in [-0.39, 0.29) is 29.9 Å². The average molecular weight is 251 g/mol. The topological polar surface area (TPSA) is 83.5 Å². The van der Waals surface area contributed by atoms with Gasteiger partial charge in [0.25, 0.3) is 0 Å². The van der Waals surface area contributed by atoms with Crippen LogP contribution in [0.25, 0.3) is 0 Å². The highest BCUT2D eigenvalue weighted by Gasteiger charge is 2.16. The minimum absolute atomic E-state index is 0.00397. The van der Waals surface area contributed by atoms with E-state index >= 15 is 0 Å².